The number of hydrogen-bond acceptors (Lipinski definition) is 4. The van der Waals surface area contributed by atoms with Gasteiger partial charge in [-0.2, -0.15) is 0 Å². The van der Waals surface area contributed by atoms with Crippen molar-refractivity contribution in [3.63, 3.8) is 0 Å². The predicted molar refractivity (Wildman–Crippen MR) is 144 cm³/mol. The van der Waals surface area contributed by atoms with E-state index in [0.717, 1.165) is 30.4 Å². The maximum absolute atomic E-state index is 13.6. The van der Waals surface area contributed by atoms with Crippen LogP contribution >= 0.6 is 34.5 Å². The Morgan fingerprint density at radius 3 is 2.75 bits per heavy atom. The van der Waals surface area contributed by atoms with Crippen molar-refractivity contribution in [3.8, 4) is 5.75 Å². The van der Waals surface area contributed by atoms with Gasteiger partial charge in [0.1, 0.15) is 18.9 Å². The van der Waals surface area contributed by atoms with Gasteiger partial charge in [0, 0.05) is 33.2 Å². The lowest BCUT2D eigenvalue weighted by molar-refractivity contribution is -0.135. The molecule has 1 saturated carbocycles. The number of amides is 3. The quantitative estimate of drug-likeness (QED) is 0.366. The van der Waals surface area contributed by atoms with Crippen molar-refractivity contribution in [3.05, 3.63) is 80.0 Å². The fourth-order valence-corrected chi connectivity index (χ4v) is 5.74. The van der Waals surface area contributed by atoms with Gasteiger partial charge in [-0.3, -0.25) is 4.79 Å². The number of anilines is 1. The molecule has 1 aliphatic heterocycles. The zero-order chi connectivity index (χ0) is 25.2. The van der Waals surface area contributed by atoms with Gasteiger partial charge in [-0.05, 0) is 85.2 Å². The summed E-state index contributed by atoms with van der Waals surface area (Å²) < 4.78 is 6.14. The first-order chi connectivity index (χ1) is 17.4. The van der Waals surface area contributed by atoms with E-state index in [1.807, 2.05) is 30.0 Å². The monoisotopic (exact) mass is 543 g/mol. The highest BCUT2D eigenvalue weighted by Gasteiger charge is 2.38. The van der Waals surface area contributed by atoms with Crippen molar-refractivity contribution in [1.82, 2.24) is 9.80 Å². The summed E-state index contributed by atoms with van der Waals surface area (Å²) >= 11 is 13.9. The minimum atomic E-state index is -0.286. The lowest BCUT2D eigenvalue weighted by atomic mass is 10.0. The van der Waals surface area contributed by atoms with Crippen molar-refractivity contribution in [2.24, 2.45) is 0 Å². The Hall–Kier alpha value is -2.74. The van der Waals surface area contributed by atoms with Crippen LogP contribution in [0.25, 0.3) is 0 Å². The molecular weight excluding hydrogens is 517 g/mol. The number of thiophene rings is 1. The highest BCUT2D eigenvalue weighted by molar-refractivity contribution is 7.10. The SMILES string of the molecule is Cc1cc(OC[C@H]2c3ccsc3CCN2C(=O)CN(C(=O)Nc2cccc(Cl)c2)C2CC2)ccc1Cl. The molecular formula is C27H27Cl2N3O3S. The Labute approximate surface area is 224 Å². The van der Waals surface area contributed by atoms with Crippen LogP contribution in [0.4, 0.5) is 10.5 Å². The van der Waals surface area contributed by atoms with Gasteiger partial charge in [-0.15, -0.1) is 11.3 Å². The van der Waals surface area contributed by atoms with E-state index in [2.05, 4.69) is 16.8 Å². The molecule has 1 aromatic heterocycles. The van der Waals surface area contributed by atoms with Gasteiger partial charge in [0.15, 0.2) is 0 Å². The zero-order valence-corrected chi connectivity index (χ0v) is 22.2. The molecule has 0 saturated heterocycles. The summed E-state index contributed by atoms with van der Waals surface area (Å²) in [5, 5.41) is 6.18. The van der Waals surface area contributed by atoms with E-state index in [4.69, 9.17) is 27.9 Å². The van der Waals surface area contributed by atoms with Crippen LogP contribution in [0.5, 0.6) is 5.75 Å². The number of fused-ring (bicyclic) bond motifs is 1. The summed E-state index contributed by atoms with van der Waals surface area (Å²) in [7, 11) is 0. The molecule has 2 aromatic carbocycles. The predicted octanol–water partition coefficient (Wildman–Crippen LogP) is 6.56. The van der Waals surface area contributed by atoms with E-state index < -0.39 is 0 Å². The molecule has 1 fully saturated rings. The first-order valence-corrected chi connectivity index (χ1v) is 13.6. The topological polar surface area (TPSA) is 61.9 Å². The van der Waals surface area contributed by atoms with Crippen molar-refractivity contribution in [2.75, 3.05) is 25.0 Å². The van der Waals surface area contributed by atoms with E-state index in [-0.39, 0.29) is 30.6 Å². The second kappa shape index (κ2) is 10.7. The van der Waals surface area contributed by atoms with E-state index in [1.54, 1.807) is 40.5 Å². The molecule has 2 aliphatic rings. The third-order valence-corrected chi connectivity index (χ3v) is 8.24. The van der Waals surface area contributed by atoms with Crippen molar-refractivity contribution >= 4 is 52.2 Å². The van der Waals surface area contributed by atoms with E-state index >= 15 is 0 Å². The number of nitrogens with one attached hydrogen (secondary N) is 1. The second-order valence-corrected chi connectivity index (χ2v) is 11.0. The van der Waals surface area contributed by atoms with E-state index in [1.165, 1.54) is 4.88 Å². The summed E-state index contributed by atoms with van der Waals surface area (Å²) in [4.78, 5) is 31.5. The highest BCUT2D eigenvalue weighted by atomic mass is 35.5. The molecule has 5 rings (SSSR count). The standard InChI is InChI=1S/C27H27Cl2N3O3S/c1-17-13-21(7-8-23(17)29)35-16-24-22-10-12-36-25(22)9-11-31(24)26(33)15-32(20-5-6-20)27(34)30-19-4-2-3-18(28)14-19/h2-4,7-8,10,12-14,20,24H,5-6,9,11,15-16H2,1H3,(H,30,34)/t24-/m0/s1. The van der Waals surface area contributed by atoms with Gasteiger partial charge >= 0.3 is 6.03 Å². The van der Waals surface area contributed by atoms with E-state index in [0.29, 0.717) is 34.6 Å². The molecule has 3 amide bonds. The van der Waals surface area contributed by atoms with Gasteiger partial charge in [0.2, 0.25) is 5.91 Å². The number of hydrogen-bond donors (Lipinski definition) is 1. The minimum Gasteiger partial charge on any atom is -0.491 e. The molecule has 1 aliphatic carbocycles. The van der Waals surface area contributed by atoms with Crippen LogP contribution in [0.1, 0.15) is 34.9 Å². The Balaban J connectivity index is 1.31. The van der Waals surface area contributed by atoms with Gasteiger partial charge in [-0.25, -0.2) is 4.79 Å². The van der Waals surface area contributed by atoms with Crippen molar-refractivity contribution in [2.45, 2.75) is 38.3 Å². The number of carbonyl (C=O) groups excluding carboxylic acids is 2. The fourth-order valence-electron chi connectivity index (χ4n) is 4.51. The first kappa shape index (κ1) is 24.9. The number of rotatable bonds is 7. The maximum Gasteiger partial charge on any atom is 0.322 e. The normalized spacial score (nSPS) is 16.9. The van der Waals surface area contributed by atoms with Crippen LogP contribution in [-0.4, -0.2) is 47.5 Å². The Bertz CT molecular complexity index is 1280. The second-order valence-electron chi connectivity index (χ2n) is 9.17. The summed E-state index contributed by atoms with van der Waals surface area (Å²) in [6.45, 7) is 2.87. The number of nitrogens with zero attached hydrogens (tertiary/aromatic N) is 2. The summed E-state index contributed by atoms with van der Waals surface area (Å²) in [6.07, 6.45) is 2.59. The molecule has 0 bridgehead atoms. The number of aryl methyl sites for hydroxylation is 1. The van der Waals surface area contributed by atoms with Crippen molar-refractivity contribution in [1.29, 1.82) is 0 Å². The number of urea groups is 1. The molecule has 0 unspecified atom stereocenters. The first-order valence-electron chi connectivity index (χ1n) is 12.0. The molecule has 9 heteroatoms. The minimum absolute atomic E-state index is 0.0209. The van der Waals surface area contributed by atoms with Crippen LogP contribution in [-0.2, 0) is 11.2 Å². The average molecular weight is 545 g/mol. The number of ether oxygens (including phenoxy) is 1. The number of benzene rings is 2. The smallest absolute Gasteiger partial charge is 0.322 e. The van der Waals surface area contributed by atoms with E-state index in [9.17, 15) is 9.59 Å². The summed E-state index contributed by atoms with van der Waals surface area (Å²) in [5.41, 5.74) is 2.66. The molecule has 1 N–H and O–H groups in total. The molecule has 0 radical (unpaired) electrons. The maximum atomic E-state index is 13.6. The third-order valence-electron chi connectivity index (χ3n) is 6.58. The summed E-state index contributed by atoms with van der Waals surface area (Å²) in [5.74, 6) is 0.632. The van der Waals surface area contributed by atoms with Gasteiger partial charge in [-0.1, -0.05) is 29.3 Å². The molecule has 36 heavy (non-hydrogen) atoms. The van der Waals surface area contributed by atoms with Crippen LogP contribution in [0.15, 0.2) is 53.9 Å². The zero-order valence-electron chi connectivity index (χ0n) is 19.9. The average Bonchev–Trinajstić information content (AvgIpc) is 3.58. The number of halogens is 2. The van der Waals surface area contributed by atoms with Crippen molar-refractivity contribution < 1.29 is 14.3 Å². The number of carbonyl (C=O) groups is 2. The lowest BCUT2D eigenvalue weighted by Gasteiger charge is -2.37. The van der Waals surface area contributed by atoms with Crippen LogP contribution in [0, 0.1) is 6.92 Å². The fraction of sp³-hybridized carbons (Fsp3) is 0.333. The highest BCUT2D eigenvalue weighted by Crippen LogP contribution is 2.35. The largest absolute Gasteiger partial charge is 0.491 e. The van der Waals surface area contributed by atoms with Crippen LogP contribution in [0.3, 0.4) is 0 Å². The molecule has 2 heterocycles. The Morgan fingerprint density at radius 2 is 2.00 bits per heavy atom. The van der Waals surface area contributed by atoms with Crippen LogP contribution < -0.4 is 10.1 Å². The molecule has 1 atom stereocenters. The molecule has 188 valence electrons. The summed E-state index contributed by atoms with van der Waals surface area (Å²) in [6, 6.07) is 14.2. The lowest BCUT2D eigenvalue weighted by Crippen LogP contribution is -2.49. The van der Waals surface area contributed by atoms with Gasteiger partial charge in [0.05, 0.1) is 6.04 Å². The molecule has 3 aromatic rings. The van der Waals surface area contributed by atoms with Gasteiger partial charge < -0.3 is 19.9 Å². The van der Waals surface area contributed by atoms with Gasteiger partial charge in [0.25, 0.3) is 0 Å². The third kappa shape index (κ3) is 5.64. The molecule has 6 nitrogen and oxygen atoms in total. The van der Waals surface area contributed by atoms with Crippen LogP contribution in [0.2, 0.25) is 10.0 Å². The molecule has 0 spiro atoms. The Morgan fingerprint density at radius 1 is 1.17 bits per heavy atom. The Kier molecular flexibility index (Phi) is 7.42.